The first kappa shape index (κ1) is 35.2. The van der Waals surface area contributed by atoms with E-state index in [1.807, 2.05) is 12.1 Å². The molecule has 1 heterocycles. The first-order chi connectivity index (χ1) is 29.7. The number of hydrogen-bond acceptors (Lipinski definition) is 2. The molecular formula is C58H39NO. The standard InChI is InChI=1S/C58H39NO/c1-2-11-40(12-3-1)42-25-28-46(29-26-42)53-17-6-8-19-56(53)59(52-35-36-55-54-18-7-9-20-57(54)60-58(55)39-52)51-33-31-44(32-34-51)43-21-23-45(24-22-43)48-15-10-16-49(37-48)50-30-27-41-13-4-5-14-47(41)38-50/h1-39H. The lowest BCUT2D eigenvalue weighted by Gasteiger charge is -2.28. The van der Waals surface area contributed by atoms with Gasteiger partial charge < -0.3 is 9.32 Å². The van der Waals surface area contributed by atoms with Crippen LogP contribution in [0.25, 0.3) is 88.3 Å². The number of benzene rings is 10. The average molecular weight is 766 g/mol. The summed E-state index contributed by atoms with van der Waals surface area (Å²) >= 11 is 0. The van der Waals surface area contributed by atoms with Gasteiger partial charge in [0, 0.05) is 33.8 Å². The number of fused-ring (bicyclic) bond motifs is 4. The number of nitrogens with zero attached hydrogens (tertiary/aromatic N) is 1. The van der Waals surface area contributed by atoms with Gasteiger partial charge in [0.15, 0.2) is 0 Å². The molecule has 1 aromatic heterocycles. The largest absolute Gasteiger partial charge is 0.456 e. The van der Waals surface area contributed by atoms with Crippen LogP contribution in [0.3, 0.4) is 0 Å². The van der Waals surface area contributed by atoms with Crippen LogP contribution in [-0.4, -0.2) is 0 Å². The Labute approximate surface area is 349 Å². The SMILES string of the molecule is c1ccc(-c2ccc(-c3ccccc3N(c3ccc(-c4ccc(-c5cccc(-c6ccc7ccccc7c6)c5)cc4)cc3)c3ccc4c(c3)oc3ccccc34)cc2)cc1. The zero-order valence-corrected chi connectivity index (χ0v) is 32.9. The van der Waals surface area contributed by atoms with Gasteiger partial charge in [-0.05, 0) is 109 Å². The first-order valence-corrected chi connectivity index (χ1v) is 20.5. The van der Waals surface area contributed by atoms with Gasteiger partial charge in [0.2, 0.25) is 0 Å². The lowest BCUT2D eigenvalue weighted by atomic mass is 9.96. The number of rotatable bonds is 8. The third-order valence-corrected chi connectivity index (χ3v) is 11.7. The zero-order chi connectivity index (χ0) is 39.8. The number of furan rings is 1. The molecule has 0 bridgehead atoms. The number of anilines is 3. The summed E-state index contributed by atoms with van der Waals surface area (Å²) in [6.45, 7) is 0. The van der Waals surface area contributed by atoms with Crippen LogP contribution in [0.1, 0.15) is 0 Å². The van der Waals surface area contributed by atoms with E-state index in [-0.39, 0.29) is 0 Å². The molecule has 0 unspecified atom stereocenters. The van der Waals surface area contributed by atoms with Crippen LogP contribution in [0.5, 0.6) is 0 Å². The second-order valence-electron chi connectivity index (χ2n) is 15.3. The van der Waals surface area contributed by atoms with E-state index in [1.54, 1.807) is 0 Å². The highest BCUT2D eigenvalue weighted by Gasteiger charge is 2.19. The van der Waals surface area contributed by atoms with Crippen LogP contribution in [0.2, 0.25) is 0 Å². The van der Waals surface area contributed by atoms with Crippen LogP contribution >= 0.6 is 0 Å². The van der Waals surface area contributed by atoms with Crippen LogP contribution in [0.4, 0.5) is 17.1 Å². The van der Waals surface area contributed by atoms with Crippen molar-refractivity contribution >= 4 is 49.8 Å². The summed E-state index contributed by atoms with van der Waals surface area (Å²) in [7, 11) is 0. The van der Waals surface area contributed by atoms with E-state index in [4.69, 9.17) is 4.42 Å². The van der Waals surface area contributed by atoms with E-state index < -0.39 is 0 Å². The fourth-order valence-electron chi connectivity index (χ4n) is 8.57. The highest BCUT2D eigenvalue weighted by molar-refractivity contribution is 6.06. The molecule has 0 radical (unpaired) electrons. The summed E-state index contributed by atoms with van der Waals surface area (Å²) in [5.74, 6) is 0. The van der Waals surface area contributed by atoms with Gasteiger partial charge in [-0.3, -0.25) is 0 Å². The fourth-order valence-corrected chi connectivity index (χ4v) is 8.57. The van der Waals surface area contributed by atoms with Crippen molar-refractivity contribution in [1.82, 2.24) is 0 Å². The van der Waals surface area contributed by atoms with E-state index in [0.717, 1.165) is 55.7 Å². The second kappa shape index (κ2) is 15.1. The van der Waals surface area contributed by atoms with Crippen molar-refractivity contribution in [3.63, 3.8) is 0 Å². The Bertz CT molecular complexity index is 3290. The number of hydrogen-bond donors (Lipinski definition) is 0. The topological polar surface area (TPSA) is 16.4 Å². The Morgan fingerprint density at radius 2 is 0.767 bits per heavy atom. The Kier molecular flexibility index (Phi) is 8.87. The van der Waals surface area contributed by atoms with E-state index in [0.29, 0.717) is 0 Å². The molecule has 10 aromatic carbocycles. The molecule has 11 rings (SSSR count). The fraction of sp³-hybridized carbons (Fsp3) is 0. The maximum atomic E-state index is 6.42. The van der Waals surface area contributed by atoms with E-state index in [1.165, 1.54) is 49.7 Å². The van der Waals surface area contributed by atoms with E-state index in [9.17, 15) is 0 Å². The predicted molar refractivity (Wildman–Crippen MR) is 253 cm³/mol. The summed E-state index contributed by atoms with van der Waals surface area (Å²) in [4.78, 5) is 2.35. The molecule has 0 fully saturated rings. The minimum atomic E-state index is 0.864. The highest BCUT2D eigenvalue weighted by atomic mass is 16.3. The summed E-state index contributed by atoms with van der Waals surface area (Å²) in [5, 5.41) is 4.74. The van der Waals surface area contributed by atoms with Gasteiger partial charge in [-0.2, -0.15) is 0 Å². The van der Waals surface area contributed by atoms with Crippen molar-refractivity contribution in [1.29, 1.82) is 0 Å². The molecule has 0 aliphatic heterocycles. The normalized spacial score (nSPS) is 11.3. The molecule has 0 N–H and O–H groups in total. The summed E-state index contributed by atoms with van der Waals surface area (Å²) in [6, 6.07) is 84.9. The molecule has 0 atom stereocenters. The van der Waals surface area contributed by atoms with Crippen LogP contribution < -0.4 is 4.90 Å². The van der Waals surface area contributed by atoms with Crippen molar-refractivity contribution in [3.05, 3.63) is 237 Å². The lowest BCUT2D eigenvalue weighted by Crippen LogP contribution is -2.11. The molecule has 0 amide bonds. The third kappa shape index (κ3) is 6.61. The van der Waals surface area contributed by atoms with Gasteiger partial charge in [-0.15, -0.1) is 0 Å². The van der Waals surface area contributed by atoms with Crippen LogP contribution in [0.15, 0.2) is 241 Å². The van der Waals surface area contributed by atoms with E-state index >= 15 is 0 Å². The summed E-state index contributed by atoms with van der Waals surface area (Å²) in [5.41, 5.74) is 16.8. The Morgan fingerprint density at radius 1 is 0.267 bits per heavy atom. The van der Waals surface area contributed by atoms with Crippen molar-refractivity contribution < 1.29 is 4.42 Å². The minimum Gasteiger partial charge on any atom is -0.456 e. The van der Waals surface area contributed by atoms with Crippen LogP contribution in [0, 0.1) is 0 Å². The monoisotopic (exact) mass is 765 g/mol. The molecule has 2 heteroatoms. The van der Waals surface area contributed by atoms with Crippen molar-refractivity contribution in [2.45, 2.75) is 0 Å². The quantitative estimate of drug-likeness (QED) is 0.153. The molecule has 0 spiro atoms. The molecule has 282 valence electrons. The maximum absolute atomic E-state index is 6.42. The van der Waals surface area contributed by atoms with Crippen molar-refractivity contribution in [2.75, 3.05) is 4.90 Å². The van der Waals surface area contributed by atoms with Gasteiger partial charge >= 0.3 is 0 Å². The zero-order valence-electron chi connectivity index (χ0n) is 32.9. The smallest absolute Gasteiger partial charge is 0.137 e. The minimum absolute atomic E-state index is 0.864. The van der Waals surface area contributed by atoms with Gasteiger partial charge in [0.1, 0.15) is 11.2 Å². The highest BCUT2D eigenvalue weighted by Crippen LogP contribution is 2.43. The predicted octanol–water partition coefficient (Wildman–Crippen LogP) is 16.5. The average Bonchev–Trinajstić information content (AvgIpc) is 3.70. The summed E-state index contributed by atoms with van der Waals surface area (Å²) in [6.07, 6.45) is 0. The molecule has 0 aliphatic carbocycles. The Hall–Kier alpha value is -7.94. The van der Waals surface area contributed by atoms with Gasteiger partial charge in [0.25, 0.3) is 0 Å². The molecule has 0 saturated heterocycles. The molecule has 60 heavy (non-hydrogen) atoms. The Balaban J connectivity index is 0.939. The Morgan fingerprint density at radius 3 is 1.53 bits per heavy atom. The molecular weight excluding hydrogens is 727 g/mol. The maximum Gasteiger partial charge on any atom is 0.137 e. The third-order valence-electron chi connectivity index (χ3n) is 11.7. The molecule has 0 aliphatic rings. The van der Waals surface area contributed by atoms with Crippen LogP contribution in [-0.2, 0) is 0 Å². The van der Waals surface area contributed by atoms with Crippen molar-refractivity contribution in [2.24, 2.45) is 0 Å². The van der Waals surface area contributed by atoms with Gasteiger partial charge in [-0.1, -0.05) is 182 Å². The second-order valence-corrected chi connectivity index (χ2v) is 15.3. The van der Waals surface area contributed by atoms with Gasteiger partial charge in [-0.25, -0.2) is 0 Å². The lowest BCUT2D eigenvalue weighted by molar-refractivity contribution is 0.669. The van der Waals surface area contributed by atoms with E-state index in [2.05, 4.69) is 229 Å². The van der Waals surface area contributed by atoms with Gasteiger partial charge in [0.05, 0.1) is 5.69 Å². The number of para-hydroxylation sites is 2. The van der Waals surface area contributed by atoms with Crippen molar-refractivity contribution in [3.8, 4) is 55.6 Å². The first-order valence-electron chi connectivity index (χ1n) is 20.5. The summed E-state index contributed by atoms with van der Waals surface area (Å²) < 4.78 is 6.42. The molecule has 2 nitrogen and oxygen atoms in total. The molecule has 11 aromatic rings. The molecule has 0 saturated carbocycles.